The van der Waals surface area contributed by atoms with Gasteiger partial charge in [0.15, 0.2) is 0 Å². The third-order valence-corrected chi connectivity index (χ3v) is 9.74. The summed E-state index contributed by atoms with van der Waals surface area (Å²) in [4.78, 5) is 39.2. The first-order valence-electron chi connectivity index (χ1n) is 14.8. The number of aromatic nitrogens is 1. The Bertz CT molecular complexity index is 1480. The summed E-state index contributed by atoms with van der Waals surface area (Å²) < 4.78 is 0. The molecule has 6 nitrogen and oxygen atoms in total. The van der Waals surface area contributed by atoms with Gasteiger partial charge < -0.3 is 9.88 Å². The maximum Gasteiger partial charge on any atom is 0.256 e. The predicted molar refractivity (Wildman–Crippen MR) is 154 cm³/mol. The predicted octanol–water partition coefficient (Wildman–Crippen LogP) is 5.94. The van der Waals surface area contributed by atoms with Crippen LogP contribution in [0.4, 0.5) is 0 Å². The molecule has 0 radical (unpaired) electrons. The summed E-state index contributed by atoms with van der Waals surface area (Å²) >= 11 is 0. The molecule has 1 aromatic heterocycles. The van der Waals surface area contributed by atoms with E-state index in [-0.39, 0.29) is 11.8 Å². The van der Waals surface area contributed by atoms with Gasteiger partial charge in [-0.2, -0.15) is 0 Å². The highest BCUT2D eigenvalue weighted by Gasteiger charge is 2.50. The molecule has 2 atom stereocenters. The molecule has 3 aromatic rings. The molecule has 39 heavy (non-hydrogen) atoms. The molecule has 6 heteroatoms. The number of H-pyrrole nitrogens is 1. The van der Waals surface area contributed by atoms with E-state index in [9.17, 15) is 9.59 Å². The van der Waals surface area contributed by atoms with E-state index < -0.39 is 5.54 Å². The summed E-state index contributed by atoms with van der Waals surface area (Å²) in [5, 5.41) is 1.20. The third kappa shape index (κ3) is 4.29. The van der Waals surface area contributed by atoms with Gasteiger partial charge in [-0.3, -0.25) is 19.5 Å². The molecule has 2 aliphatic carbocycles. The topological polar surface area (TPSA) is 68.8 Å². The smallest absolute Gasteiger partial charge is 0.256 e. The summed E-state index contributed by atoms with van der Waals surface area (Å²) in [6.45, 7) is 6.75. The molecule has 3 fully saturated rings. The van der Waals surface area contributed by atoms with E-state index in [2.05, 4.69) is 66.2 Å². The van der Waals surface area contributed by atoms with E-state index in [0.717, 1.165) is 80.5 Å². The van der Waals surface area contributed by atoms with Crippen molar-refractivity contribution in [3.8, 4) is 11.1 Å². The van der Waals surface area contributed by atoms with E-state index in [1.165, 1.54) is 16.5 Å². The molecule has 7 rings (SSSR count). The lowest BCUT2D eigenvalue weighted by molar-refractivity contribution is -0.132. The van der Waals surface area contributed by atoms with Crippen molar-refractivity contribution in [2.45, 2.75) is 64.3 Å². The number of hydrogen-bond donors (Lipinski definition) is 1. The number of amidine groups is 1. The number of benzene rings is 2. The fraction of sp³-hybridized carbons (Fsp3) is 0.485. The molecule has 2 aliphatic heterocycles. The van der Waals surface area contributed by atoms with Gasteiger partial charge in [-0.05, 0) is 91.1 Å². The molecule has 2 unspecified atom stereocenters. The first kappa shape index (κ1) is 24.6. The average molecular weight is 523 g/mol. The molecular formula is C33H38N4O2. The molecule has 4 aliphatic rings. The summed E-state index contributed by atoms with van der Waals surface area (Å²) in [6, 6.07) is 15.2. The molecule has 2 saturated carbocycles. The Morgan fingerprint density at radius 1 is 1.08 bits per heavy atom. The zero-order valence-electron chi connectivity index (χ0n) is 23.1. The van der Waals surface area contributed by atoms with Crippen LogP contribution in [0.1, 0.15) is 63.0 Å². The van der Waals surface area contributed by atoms with Crippen LogP contribution in [-0.4, -0.2) is 57.6 Å². The number of carbonyl (C=O) groups excluding carboxylic acids is 2. The quantitative estimate of drug-likeness (QED) is 0.435. The molecule has 1 saturated heterocycles. The molecule has 1 spiro atoms. The van der Waals surface area contributed by atoms with Gasteiger partial charge in [0.2, 0.25) is 5.91 Å². The standard InChI is InChI=1S/C33H38N4O2/c1-21-17-24(25-8-10-29-26(18-25)11-15-34-29)7-9-28(21)30-35-33(13-3-4-14-33)32(39)37(30)19-22(2)27-12-16-36(20-27)31(38)23-5-6-23/h7-11,15,17-18,22-23,27,34H,3-6,12-14,16,19-20H2,1-2H3. The Kier molecular flexibility index (Phi) is 5.91. The number of nitrogens with one attached hydrogen (secondary N) is 1. The van der Waals surface area contributed by atoms with Crippen molar-refractivity contribution in [3.63, 3.8) is 0 Å². The molecule has 2 amide bonds. The largest absolute Gasteiger partial charge is 0.361 e. The second kappa shape index (κ2) is 9.35. The summed E-state index contributed by atoms with van der Waals surface area (Å²) in [5.74, 6) is 2.39. The van der Waals surface area contributed by atoms with Crippen molar-refractivity contribution in [1.82, 2.24) is 14.8 Å². The SMILES string of the molecule is Cc1cc(-c2ccc3[nH]ccc3c2)ccc1C1=NC2(CCCC2)C(=O)N1CC(C)C1CCN(C(=O)C2CC2)C1. The molecule has 3 heterocycles. The van der Waals surface area contributed by atoms with Crippen LogP contribution >= 0.6 is 0 Å². The van der Waals surface area contributed by atoms with E-state index in [4.69, 9.17) is 4.99 Å². The number of hydrogen-bond acceptors (Lipinski definition) is 3. The number of carbonyl (C=O) groups is 2. The van der Waals surface area contributed by atoms with E-state index >= 15 is 0 Å². The Balaban J connectivity index is 1.16. The van der Waals surface area contributed by atoms with Gasteiger partial charge in [0, 0.05) is 42.8 Å². The first-order chi connectivity index (χ1) is 18.9. The third-order valence-electron chi connectivity index (χ3n) is 9.74. The molecule has 0 bridgehead atoms. The number of fused-ring (bicyclic) bond motifs is 1. The first-order valence-corrected chi connectivity index (χ1v) is 14.8. The normalized spacial score (nSPS) is 23.3. The lowest BCUT2D eigenvalue weighted by Gasteiger charge is -2.28. The minimum atomic E-state index is -0.580. The highest BCUT2D eigenvalue weighted by molar-refractivity contribution is 6.16. The summed E-state index contributed by atoms with van der Waals surface area (Å²) in [6.07, 6.45) is 8.93. The minimum absolute atomic E-state index is 0.187. The zero-order valence-corrected chi connectivity index (χ0v) is 23.1. The second-order valence-electron chi connectivity index (χ2n) is 12.5. The van der Waals surface area contributed by atoms with Gasteiger partial charge in [0.25, 0.3) is 5.91 Å². The molecular weight excluding hydrogens is 484 g/mol. The average Bonchev–Trinajstić information content (AvgIpc) is 3.30. The summed E-state index contributed by atoms with van der Waals surface area (Å²) in [5.41, 5.74) is 5.12. The van der Waals surface area contributed by atoms with Crippen LogP contribution in [0, 0.1) is 24.7 Å². The van der Waals surface area contributed by atoms with E-state index in [1.807, 2.05) is 11.1 Å². The fourth-order valence-electron chi connectivity index (χ4n) is 7.12. The Morgan fingerprint density at radius 2 is 1.85 bits per heavy atom. The van der Waals surface area contributed by atoms with Crippen molar-refractivity contribution in [1.29, 1.82) is 0 Å². The van der Waals surface area contributed by atoms with Crippen molar-refractivity contribution in [2.75, 3.05) is 19.6 Å². The van der Waals surface area contributed by atoms with Gasteiger partial charge in [-0.25, -0.2) is 0 Å². The number of aliphatic imine (C=N–C) groups is 1. The summed E-state index contributed by atoms with van der Waals surface area (Å²) in [7, 11) is 0. The maximum atomic E-state index is 14.0. The van der Waals surface area contributed by atoms with Gasteiger partial charge in [0.05, 0.1) is 0 Å². The van der Waals surface area contributed by atoms with Crippen molar-refractivity contribution in [2.24, 2.45) is 22.7 Å². The number of aryl methyl sites for hydroxylation is 1. The highest BCUT2D eigenvalue weighted by atomic mass is 16.2. The van der Waals surface area contributed by atoms with Gasteiger partial charge in [0.1, 0.15) is 11.4 Å². The Labute approximate surface area is 230 Å². The van der Waals surface area contributed by atoms with E-state index in [1.54, 1.807) is 0 Å². The van der Waals surface area contributed by atoms with E-state index in [0.29, 0.717) is 24.3 Å². The Morgan fingerprint density at radius 3 is 2.62 bits per heavy atom. The van der Waals surface area contributed by atoms with Crippen LogP contribution in [-0.2, 0) is 9.59 Å². The lowest BCUT2D eigenvalue weighted by atomic mass is 9.91. The van der Waals surface area contributed by atoms with Crippen LogP contribution in [0.5, 0.6) is 0 Å². The lowest BCUT2D eigenvalue weighted by Crippen LogP contribution is -2.44. The molecule has 2 aromatic carbocycles. The van der Waals surface area contributed by atoms with Gasteiger partial charge >= 0.3 is 0 Å². The second-order valence-corrected chi connectivity index (χ2v) is 12.5. The molecule has 1 N–H and O–H groups in total. The van der Waals surface area contributed by atoms with Crippen LogP contribution in [0.25, 0.3) is 22.0 Å². The van der Waals surface area contributed by atoms with Crippen molar-refractivity contribution in [3.05, 3.63) is 59.8 Å². The van der Waals surface area contributed by atoms with Gasteiger partial charge in [-0.1, -0.05) is 44.0 Å². The number of nitrogens with zero attached hydrogens (tertiary/aromatic N) is 3. The maximum absolute atomic E-state index is 14.0. The number of rotatable bonds is 6. The van der Waals surface area contributed by atoms with Crippen LogP contribution in [0.3, 0.4) is 0 Å². The van der Waals surface area contributed by atoms with Crippen LogP contribution < -0.4 is 0 Å². The fourth-order valence-corrected chi connectivity index (χ4v) is 7.12. The number of likely N-dealkylation sites (tertiary alicyclic amines) is 1. The van der Waals surface area contributed by atoms with Crippen LogP contribution in [0.2, 0.25) is 0 Å². The van der Waals surface area contributed by atoms with Crippen molar-refractivity contribution < 1.29 is 9.59 Å². The van der Waals surface area contributed by atoms with Crippen LogP contribution in [0.15, 0.2) is 53.7 Å². The molecule has 202 valence electrons. The Hall–Kier alpha value is -3.41. The van der Waals surface area contributed by atoms with Gasteiger partial charge in [-0.15, -0.1) is 0 Å². The zero-order chi connectivity index (χ0) is 26.7. The number of aromatic amines is 1. The van der Waals surface area contributed by atoms with Crippen molar-refractivity contribution >= 4 is 28.6 Å². The minimum Gasteiger partial charge on any atom is -0.361 e. The monoisotopic (exact) mass is 522 g/mol. The highest BCUT2D eigenvalue weighted by Crippen LogP contribution is 2.42. The number of amides is 2.